The lowest BCUT2D eigenvalue weighted by molar-refractivity contribution is -0.137. The lowest BCUT2D eigenvalue weighted by Gasteiger charge is -2.17. The summed E-state index contributed by atoms with van der Waals surface area (Å²) < 4.78 is 1.62. The molecule has 0 saturated carbocycles. The molecule has 0 aliphatic carbocycles. The Kier molecular flexibility index (Phi) is 4.24. The van der Waals surface area contributed by atoms with Crippen molar-refractivity contribution in [2.75, 3.05) is 0 Å². The standard InChI is InChI=1S/C17H16N4O3/c1-21-15-8-7-12(9-14(15)19-20-21)17(24)18-13(10-16(22)23)11-5-3-2-4-6-11/h2-9,13H,10H2,1H3,(H,18,24)(H,22,23). The molecule has 0 aliphatic heterocycles. The molecule has 0 aliphatic rings. The number of amides is 1. The molecule has 0 radical (unpaired) electrons. The van der Waals surface area contributed by atoms with E-state index in [4.69, 9.17) is 5.11 Å². The van der Waals surface area contributed by atoms with Crippen LogP contribution in [-0.2, 0) is 11.8 Å². The minimum Gasteiger partial charge on any atom is -0.481 e. The molecule has 2 aromatic carbocycles. The average molecular weight is 324 g/mol. The highest BCUT2D eigenvalue weighted by Gasteiger charge is 2.19. The first-order chi connectivity index (χ1) is 11.5. The first-order valence-corrected chi connectivity index (χ1v) is 7.41. The maximum absolute atomic E-state index is 12.5. The average Bonchev–Trinajstić information content (AvgIpc) is 2.95. The van der Waals surface area contributed by atoms with Crippen molar-refractivity contribution in [3.05, 3.63) is 59.7 Å². The number of nitrogens with zero attached hydrogens (tertiary/aromatic N) is 3. The fourth-order valence-corrected chi connectivity index (χ4v) is 2.54. The van der Waals surface area contributed by atoms with Crippen LogP contribution in [0.25, 0.3) is 11.0 Å². The predicted octanol–water partition coefficient (Wildman–Crippen LogP) is 1.91. The number of benzene rings is 2. The van der Waals surface area contributed by atoms with E-state index in [0.717, 1.165) is 11.1 Å². The molecule has 0 spiro atoms. The minimum absolute atomic E-state index is 0.191. The SMILES string of the molecule is Cn1nnc2cc(C(=O)NC(CC(=O)O)c3ccccc3)ccc21. The molecule has 1 amide bonds. The van der Waals surface area contributed by atoms with E-state index in [2.05, 4.69) is 15.6 Å². The summed E-state index contributed by atoms with van der Waals surface area (Å²) >= 11 is 0. The minimum atomic E-state index is -0.978. The van der Waals surface area contributed by atoms with E-state index in [9.17, 15) is 9.59 Å². The van der Waals surface area contributed by atoms with Gasteiger partial charge >= 0.3 is 5.97 Å². The van der Waals surface area contributed by atoms with Crippen LogP contribution in [0.2, 0.25) is 0 Å². The number of carboxylic acids is 1. The Labute approximate surface area is 137 Å². The van der Waals surface area contributed by atoms with Crippen LogP contribution in [0.4, 0.5) is 0 Å². The van der Waals surface area contributed by atoms with Crippen molar-refractivity contribution >= 4 is 22.9 Å². The largest absolute Gasteiger partial charge is 0.481 e. The van der Waals surface area contributed by atoms with Crippen LogP contribution >= 0.6 is 0 Å². The Balaban J connectivity index is 1.85. The molecule has 7 heteroatoms. The molecule has 7 nitrogen and oxygen atoms in total. The number of hydrogen-bond acceptors (Lipinski definition) is 4. The van der Waals surface area contributed by atoms with Crippen molar-refractivity contribution in [3.63, 3.8) is 0 Å². The summed E-state index contributed by atoms with van der Waals surface area (Å²) in [5.74, 6) is -1.33. The second-order valence-corrected chi connectivity index (χ2v) is 5.45. The van der Waals surface area contributed by atoms with E-state index in [1.54, 1.807) is 42.1 Å². The van der Waals surface area contributed by atoms with Gasteiger partial charge in [0.25, 0.3) is 5.91 Å². The Hall–Kier alpha value is -3.22. The van der Waals surface area contributed by atoms with E-state index in [1.165, 1.54) is 0 Å². The van der Waals surface area contributed by atoms with Crippen LogP contribution in [0.1, 0.15) is 28.4 Å². The summed E-state index contributed by atoms with van der Waals surface area (Å²) in [5, 5.41) is 19.8. The molecule has 1 heterocycles. The number of aliphatic carboxylic acids is 1. The summed E-state index contributed by atoms with van der Waals surface area (Å²) in [5.41, 5.74) is 2.58. The highest BCUT2D eigenvalue weighted by atomic mass is 16.4. The number of carboxylic acid groups (broad SMARTS) is 1. The maximum atomic E-state index is 12.5. The van der Waals surface area contributed by atoms with Crippen LogP contribution in [-0.4, -0.2) is 32.0 Å². The smallest absolute Gasteiger partial charge is 0.305 e. The van der Waals surface area contributed by atoms with Crippen molar-refractivity contribution in [2.45, 2.75) is 12.5 Å². The summed E-state index contributed by atoms with van der Waals surface area (Å²) in [6.45, 7) is 0. The number of aryl methyl sites for hydroxylation is 1. The Morgan fingerprint density at radius 3 is 2.67 bits per heavy atom. The third-order valence-corrected chi connectivity index (χ3v) is 3.76. The van der Waals surface area contributed by atoms with Crippen molar-refractivity contribution in [1.29, 1.82) is 0 Å². The van der Waals surface area contributed by atoms with Gasteiger partial charge in [0.1, 0.15) is 5.52 Å². The number of carbonyl (C=O) groups is 2. The highest BCUT2D eigenvalue weighted by molar-refractivity contribution is 5.97. The summed E-state index contributed by atoms with van der Waals surface area (Å²) in [6, 6.07) is 13.5. The number of carbonyl (C=O) groups excluding carboxylic acids is 1. The van der Waals surface area contributed by atoms with Gasteiger partial charge < -0.3 is 10.4 Å². The predicted molar refractivity (Wildman–Crippen MR) is 87.4 cm³/mol. The quantitative estimate of drug-likeness (QED) is 0.747. The summed E-state index contributed by atoms with van der Waals surface area (Å²) in [7, 11) is 1.77. The topological polar surface area (TPSA) is 97.1 Å². The third kappa shape index (κ3) is 3.24. The van der Waals surface area contributed by atoms with Gasteiger partial charge in [-0.15, -0.1) is 5.10 Å². The van der Waals surface area contributed by atoms with Gasteiger partial charge in [-0.2, -0.15) is 0 Å². The molecule has 24 heavy (non-hydrogen) atoms. The van der Waals surface area contributed by atoms with Gasteiger partial charge in [0.2, 0.25) is 0 Å². The number of fused-ring (bicyclic) bond motifs is 1. The first kappa shape index (κ1) is 15.7. The van der Waals surface area contributed by atoms with Crippen molar-refractivity contribution in [1.82, 2.24) is 20.3 Å². The van der Waals surface area contributed by atoms with E-state index < -0.39 is 12.0 Å². The fourth-order valence-electron chi connectivity index (χ4n) is 2.54. The normalized spacial score (nSPS) is 12.0. The number of hydrogen-bond donors (Lipinski definition) is 2. The van der Waals surface area contributed by atoms with Crippen LogP contribution in [0.15, 0.2) is 48.5 Å². The van der Waals surface area contributed by atoms with Gasteiger partial charge in [-0.05, 0) is 23.8 Å². The van der Waals surface area contributed by atoms with Gasteiger partial charge in [0.15, 0.2) is 0 Å². The number of nitrogens with one attached hydrogen (secondary N) is 1. The Morgan fingerprint density at radius 2 is 1.96 bits per heavy atom. The molecular formula is C17H16N4O3. The monoisotopic (exact) mass is 324 g/mol. The van der Waals surface area contributed by atoms with Gasteiger partial charge in [0.05, 0.1) is 18.0 Å². The molecule has 1 aromatic heterocycles. The van der Waals surface area contributed by atoms with E-state index >= 15 is 0 Å². The number of aromatic nitrogens is 3. The van der Waals surface area contributed by atoms with E-state index in [-0.39, 0.29) is 12.3 Å². The molecular weight excluding hydrogens is 308 g/mol. The van der Waals surface area contributed by atoms with Gasteiger partial charge in [-0.3, -0.25) is 9.59 Å². The first-order valence-electron chi connectivity index (χ1n) is 7.41. The van der Waals surface area contributed by atoms with Crippen molar-refractivity contribution < 1.29 is 14.7 Å². The fraction of sp³-hybridized carbons (Fsp3) is 0.176. The Morgan fingerprint density at radius 1 is 1.21 bits per heavy atom. The second-order valence-electron chi connectivity index (χ2n) is 5.45. The van der Waals surface area contributed by atoms with E-state index in [0.29, 0.717) is 11.1 Å². The number of rotatable bonds is 5. The molecule has 0 saturated heterocycles. The van der Waals surface area contributed by atoms with E-state index in [1.807, 2.05) is 18.2 Å². The van der Waals surface area contributed by atoms with Crippen LogP contribution < -0.4 is 5.32 Å². The van der Waals surface area contributed by atoms with Gasteiger partial charge in [-0.25, -0.2) is 4.68 Å². The summed E-state index contributed by atoms with van der Waals surface area (Å²) in [4.78, 5) is 23.6. The zero-order chi connectivity index (χ0) is 17.1. The van der Waals surface area contributed by atoms with Gasteiger partial charge in [0, 0.05) is 12.6 Å². The zero-order valence-electron chi connectivity index (χ0n) is 13.0. The highest BCUT2D eigenvalue weighted by Crippen LogP contribution is 2.18. The third-order valence-electron chi connectivity index (χ3n) is 3.76. The molecule has 3 rings (SSSR count). The zero-order valence-corrected chi connectivity index (χ0v) is 13.0. The molecule has 2 N–H and O–H groups in total. The van der Waals surface area contributed by atoms with Gasteiger partial charge in [-0.1, -0.05) is 35.5 Å². The lowest BCUT2D eigenvalue weighted by atomic mass is 10.0. The molecule has 3 aromatic rings. The summed E-state index contributed by atoms with van der Waals surface area (Å²) in [6.07, 6.45) is -0.191. The molecule has 1 unspecified atom stereocenters. The molecule has 122 valence electrons. The van der Waals surface area contributed by atoms with Crippen LogP contribution in [0.5, 0.6) is 0 Å². The molecule has 0 bridgehead atoms. The van der Waals surface area contributed by atoms with Crippen molar-refractivity contribution in [2.24, 2.45) is 7.05 Å². The lowest BCUT2D eigenvalue weighted by Crippen LogP contribution is -2.30. The maximum Gasteiger partial charge on any atom is 0.305 e. The Bertz CT molecular complexity index is 889. The molecule has 0 fully saturated rings. The van der Waals surface area contributed by atoms with Crippen LogP contribution in [0.3, 0.4) is 0 Å². The van der Waals surface area contributed by atoms with Crippen molar-refractivity contribution in [3.8, 4) is 0 Å². The molecule has 1 atom stereocenters. The van der Waals surface area contributed by atoms with Crippen LogP contribution in [0, 0.1) is 0 Å². The second kappa shape index (κ2) is 6.49.